The zero-order valence-electron chi connectivity index (χ0n) is 10.5. The van der Waals surface area contributed by atoms with Gasteiger partial charge in [-0.2, -0.15) is 0 Å². The lowest BCUT2D eigenvalue weighted by atomic mass is 9.70. The zero-order valence-corrected chi connectivity index (χ0v) is 11.3. The molecule has 1 nitrogen and oxygen atoms in total. The van der Waals surface area contributed by atoms with E-state index in [0.717, 1.165) is 19.0 Å². The molecule has 0 bridgehead atoms. The second-order valence-corrected chi connectivity index (χ2v) is 6.17. The molecule has 0 amide bonds. The summed E-state index contributed by atoms with van der Waals surface area (Å²) in [5, 5.41) is 5.79. The number of hydrogen-bond donors (Lipinski definition) is 1. The summed E-state index contributed by atoms with van der Waals surface area (Å²) in [6, 6.07) is 4.53. The average molecular weight is 237 g/mol. The summed E-state index contributed by atoms with van der Waals surface area (Å²) in [6.07, 6.45) is 5.51. The third-order valence-corrected chi connectivity index (χ3v) is 5.10. The highest BCUT2D eigenvalue weighted by molar-refractivity contribution is 7.10. The van der Waals surface area contributed by atoms with Crippen LogP contribution in [-0.2, 0) is 5.41 Å². The number of thiophene rings is 1. The maximum absolute atomic E-state index is 3.57. The summed E-state index contributed by atoms with van der Waals surface area (Å²) in [5.41, 5.74) is 0.441. The van der Waals surface area contributed by atoms with Gasteiger partial charge >= 0.3 is 0 Å². The third-order valence-electron chi connectivity index (χ3n) is 3.99. The molecule has 1 aliphatic rings. The van der Waals surface area contributed by atoms with Gasteiger partial charge in [0.15, 0.2) is 0 Å². The fraction of sp³-hybridized carbons (Fsp3) is 0.714. The first-order valence-electron chi connectivity index (χ1n) is 6.51. The summed E-state index contributed by atoms with van der Waals surface area (Å²) in [4.78, 5) is 1.60. The molecular formula is C14H23NS. The highest BCUT2D eigenvalue weighted by atomic mass is 32.1. The molecule has 90 valence electrons. The fourth-order valence-corrected chi connectivity index (χ4v) is 3.76. The van der Waals surface area contributed by atoms with Crippen molar-refractivity contribution >= 4 is 11.3 Å². The topological polar surface area (TPSA) is 12.0 Å². The molecule has 0 aliphatic heterocycles. The van der Waals surface area contributed by atoms with Crippen molar-refractivity contribution in [2.24, 2.45) is 5.92 Å². The van der Waals surface area contributed by atoms with Crippen LogP contribution in [0.2, 0.25) is 0 Å². The minimum atomic E-state index is 0.441. The Kier molecular flexibility index (Phi) is 4.04. The van der Waals surface area contributed by atoms with Gasteiger partial charge in [-0.25, -0.2) is 0 Å². The SMILES string of the molecule is CCNCC1(c2cccs2)CCC(C)CC1. The maximum Gasteiger partial charge on any atom is 0.0172 e. The predicted molar refractivity (Wildman–Crippen MR) is 72.2 cm³/mol. The normalized spacial score (nSPS) is 30.5. The smallest absolute Gasteiger partial charge is 0.0172 e. The van der Waals surface area contributed by atoms with E-state index in [0.29, 0.717) is 5.41 Å². The van der Waals surface area contributed by atoms with Gasteiger partial charge in [0.05, 0.1) is 0 Å². The average Bonchev–Trinajstić information content (AvgIpc) is 2.83. The van der Waals surface area contributed by atoms with Crippen molar-refractivity contribution in [3.05, 3.63) is 22.4 Å². The van der Waals surface area contributed by atoms with Gasteiger partial charge in [-0.3, -0.25) is 0 Å². The molecule has 0 unspecified atom stereocenters. The lowest BCUT2D eigenvalue weighted by Gasteiger charge is -2.39. The van der Waals surface area contributed by atoms with Gasteiger partial charge in [-0.15, -0.1) is 11.3 Å². The van der Waals surface area contributed by atoms with Gasteiger partial charge in [0, 0.05) is 16.8 Å². The molecule has 1 fully saturated rings. The van der Waals surface area contributed by atoms with Gasteiger partial charge in [-0.1, -0.05) is 19.9 Å². The highest BCUT2D eigenvalue weighted by Gasteiger charge is 2.36. The number of hydrogen-bond acceptors (Lipinski definition) is 2. The standard InChI is InChI=1S/C14H23NS/c1-3-15-11-14(13-5-4-10-16-13)8-6-12(2)7-9-14/h4-5,10,12,15H,3,6-9,11H2,1-2H3. The molecule has 1 aromatic rings. The van der Waals surface area contributed by atoms with E-state index in [9.17, 15) is 0 Å². The van der Waals surface area contributed by atoms with Crippen molar-refractivity contribution in [1.29, 1.82) is 0 Å². The second-order valence-electron chi connectivity index (χ2n) is 5.22. The molecular weight excluding hydrogens is 214 g/mol. The Hall–Kier alpha value is -0.340. The van der Waals surface area contributed by atoms with E-state index in [1.807, 2.05) is 11.3 Å². The highest BCUT2D eigenvalue weighted by Crippen LogP contribution is 2.42. The lowest BCUT2D eigenvalue weighted by Crippen LogP contribution is -2.40. The van der Waals surface area contributed by atoms with E-state index in [2.05, 4.69) is 36.7 Å². The molecule has 1 heterocycles. The molecule has 2 rings (SSSR count). The first kappa shape index (κ1) is 12.1. The van der Waals surface area contributed by atoms with Crippen LogP contribution < -0.4 is 5.32 Å². The Morgan fingerprint density at radius 2 is 2.19 bits per heavy atom. The largest absolute Gasteiger partial charge is 0.316 e. The van der Waals surface area contributed by atoms with Crippen LogP contribution in [0.3, 0.4) is 0 Å². The van der Waals surface area contributed by atoms with Gasteiger partial charge in [-0.05, 0) is 49.6 Å². The molecule has 16 heavy (non-hydrogen) atoms. The van der Waals surface area contributed by atoms with Crippen molar-refractivity contribution in [2.75, 3.05) is 13.1 Å². The monoisotopic (exact) mass is 237 g/mol. The molecule has 1 N–H and O–H groups in total. The third kappa shape index (κ3) is 2.49. The van der Waals surface area contributed by atoms with Crippen molar-refractivity contribution in [1.82, 2.24) is 5.32 Å². The molecule has 0 aromatic carbocycles. The summed E-state index contributed by atoms with van der Waals surface area (Å²) >= 11 is 1.94. The van der Waals surface area contributed by atoms with E-state index in [1.54, 1.807) is 4.88 Å². The van der Waals surface area contributed by atoms with Crippen molar-refractivity contribution in [3.8, 4) is 0 Å². The van der Waals surface area contributed by atoms with Gasteiger partial charge < -0.3 is 5.32 Å². The minimum Gasteiger partial charge on any atom is -0.316 e. The second kappa shape index (κ2) is 5.33. The van der Waals surface area contributed by atoms with Crippen LogP contribution >= 0.6 is 11.3 Å². The van der Waals surface area contributed by atoms with Crippen LogP contribution in [0.15, 0.2) is 17.5 Å². The number of likely N-dealkylation sites (N-methyl/N-ethyl adjacent to an activating group) is 1. The van der Waals surface area contributed by atoms with Crippen LogP contribution in [0, 0.1) is 5.92 Å². The summed E-state index contributed by atoms with van der Waals surface area (Å²) in [7, 11) is 0. The van der Waals surface area contributed by atoms with Crippen molar-refractivity contribution in [2.45, 2.75) is 44.9 Å². The zero-order chi connectivity index (χ0) is 11.4. The minimum absolute atomic E-state index is 0.441. The number of rotatable bonds is 4. The van der Waals surface area contributed by atoms with Crippen LogP contribution in [-0.4, -0.2) is 13.1 Å². The van der Waals surface area contributed by atoms with E-state index < -0.39 is 0 Å². The van der Waals surface area contributed by atoms with E-state index in [1.165, 1.54) is 25.7 Å². The Balaban J connectivity index is 2.13. The predicted octanol–water partition coefficient (Wildman–Crippen LogP) is 3.81. The molecule has 1 saturated carbocycles. The molecule has 2 heteroatoms. The lowest BCUT2D eigenvalue weighted by molar-refractivity contribution is 0.238. The molecule has 0 atom stereocenters. The van der Waals surface area contributed by atoms with Gasteiger partial charge in [0.25, 0.3) is 0 Å². The molecule has 0 saturated heterocycles. The first-order valence-corrected chi connectivity index (χ1v) is 7.39. The molecule has 0 spiro atoms. The Morgan fingerprint density at radius 3 is 2.75 bits per heavy atom. The first-order chi connectivity index (χ1) is 7.77. The Labute approximate surface area is 103 Å². The maximum atomic E-state index is 3.57. The summed E-state index contributed by atoms with van der Waals surface area (Å²) in [6.45, 7) is 6.85. The van der Waals surface area contributed by atoms with Crippen LogP contribution in [0.1, 0.15) is 44.4 Å². The Morgan fingerprint density at radius 1 is 1.44 bits per heavy atom. The van der Waals surface area contributed by atoms with Crippen molar-refractivity contribution < 1.29 is 0 Å². The van der Waals surface area contributed by atoms with E-state index in [-0.39, 0.29) is 0 Å². The van der Waals surface area contributed by atoms with Crippen LogP contribution in [0.5, 0.6) is 0 Å². The molecule has 1 aliphatic carbocycles. The van der Waals surface area contributed by atoms with E-state index in [4.69, 9.17) is 0 Å². The summed E-state index contributed by atoms with van der Waals surface area (Å²) < 4.78 is 0. The fourth-order valence-electron chi connectivity index (χ4n) is 2.77. The van der Waals surface area contributed by atoms with Crippen LogP contribution in [0.4, 0.5) is 0 Å². The van der Waals surface area contributed by atoms with Gasteiger partial charge in [0.1, 0.15) is 0 Å². The van der Waals surface area contributed by atoms with Crippen LogP contribution in [0.25, 0.3) is 0 Å². The Bertz CT molecular complexity index is 291. The van der Waals surface area contributed by atoms with Crippen molar-refractivity contribution in [3.63, 3.8) is 0 Å². The quantitative estimate of drug-likeness (QED) is 0.840. The number of nitrogens with one attached hydrogen (secondary N) is 1. The van der Waals surface area contributed by atoms with Gasteiger partial charge in [0.2, 0.25) is 0 Å². The van der Waals surface area contributed by atoms with E-state index >= 15 is 0 Å². The summed E-state index contributed by atoms with van der Waals surface area (Å²) in [5.74, 6) is 0.926. The molecule has 1 aromatic heterocycles. The molecule has 0 radical (unpaired) electrons.